The van der Waals surface area contributed by atoms with Gasteiger partial charge in [0.1, 0.15) is 0 Å². The first-order valence-electron chi connectivity index (χ1n) is 10.6. The molecule has 6 rings (SSSR count). The minimum absolute atomic E-state index is 0.156. The second-order valence-electron chi connectivity index (χ2n) is 8.27. The van der Waals surface area contributed by atoms with Gasteiger partial charge in [0, 0.05) is 47.9 Å². The summed E-state index contributed by atoms with van der Waals surface area (Å²) in [5, 5.41) is 0.852. The fourth-order valence-corrected chi connectivity index (χ4v) is 4.67. The number of fused-ring (bicyclic) bond motifs is 4. The van der Waals surface area contributed by atoms with Crippen molar-refractivity contribution in [3.63, 3.8) is 0 Å². The zero-order valence-corrected chi connectivity index (χ0v) is 17.9. The Morgan fingerprint density at radius 2 is 1.85 bits per heavy atom. The maximum atomic E-state index is 13.3. The van der Waals surface area contributed by atoms with Crippen LogP contribution < -0.4 is 5.69 Å². The fraction of sp³-hybridized carbons (Fsp3) is 0.111. The molecule has 0 amide bonds. The molecular formula is C27H18N4O2. The van der Waals surface area contributed by atoms with Gasteiger partial charge in [-0.2, -0.15) is 0 Å². The third-order valence-corrected chi connectivity index (χ3v) is 6.39. The van der Waals surface area contributed by atoms with Crippen LogP contribution in [0.4, 0.5) is 0 Å². The summed E-state index contributed by atoms with van der Waals surface area (Å²) < 4.78 is 3.32. The number of pyridine rings is 2. The lowest BCUT2D eigenvalue weighted by Gasteiger charge is -2.09. The molecule has 0 saturated heterocycles. The Bertz CT molecular complexity index is 1730. The van der Waals surface area contributed by atoms with Crippen LogP contribution in [0.15, 0.2) is 65.8 Å². The number of aromatic nitrogens is 4. The highest BCUT2D eigenvalue weighted by molar-refractivity contribution is 6.05. The van der Waals surface area contributed by atoms with E-state index >= 15 is 0 Å². The van der Waals surface area contributed by atoms with Crippen LogP contribution in [0, 0.1) is 12.3 Å². The Kier molecular flexibility index (Phi) is 4.08. The summed E-state index contributed by atoms with van der Waals surface area (Å²) in [4.78, 5) is 34.3. The third kappa shape index (κ3) is 2.83. The van der Waals surface area contributed by atoms with Crippen LogP contribution in [-0.2, 0) is 13.5 Å². The summed E-state index contributed by atoms with van der Waals surface area (Å²) in [6.07, 6.45) is 11.9. The summed E-state index contributed by atoms with van der Waals surface area (Å²) in [5.74, 6) is 2.78. The second kappa shape index (κ2) is 7.01. The lowest BCUT2D eigenvalue weighted by atomic mass is 10.0. The number of Topliss-reactive ketones (excluding diaryl/α,β-unsaturated/α-hetero) is 1. The molecule has 0 aliphatic heterocycles. The number of rotatable bonds is 2. The Morgan fingerprint density at radius 3 is 2.70 bits per heavy atom. The monoisotopic (exact) mass is 430 g/mol. The predicted molar refractivity (Wildman–Crippen MR) is 128 cm³/mol. The molecule has 1 aliphatic carbocycles. The molecule has 0 bridgehead atoms. The maximum Gasteiger partial charge on any atom is 0.333 e. The van der Waals surface area contributed by atoms with E-state index in [1.54, 1.807) is 34.8 Å². The first kappa shape index (κ1) is 19.2. The van der Waals surface area contributed by atoms with Crippen LogP contribution in [0.3, 0.4) is 0 Å². The van der Waals surface area contributed by atoms with Crippen molar-refractivity contribution in [2.24, 2.45) is 7.05 Å². The number of aryl methyl sites for hydroxylation is 2. The molecule has 0 radical (unpaired) electrons. The molecule has 0 N–H and O–H groups in total. The number of ketones is 1. The number of imidazole rings is 1. The van der Waals surface area contributed by atoms with Crippen molar-refractivity contribution in [2.45, 2.75) is 12.8 Å². The molecule has 0 saturated carbocycles. The maximum absolute atomic E-state index is 13.3. The van der Waals surface area contributed by atoms with Gasteiger partial charge in [0.15, 0.2) is 5.78 Å². The van der Waals surface area contributed by atoms with Crippen LogP contribution in [-0.4, -0.2) is 24.9 Å². The van der Waals surface area contributed by atoms with Crippen molar-refractivity contribution < 1.29 is 4.79 Å². The van der Waals surface area contributed by atoms with Gasteiger partial charge in [0.25, 0.3) is 0 Å². The highest BCUT2D eigenvalue weighted by Gasteiger charge is 2.22. The highest BCUT2D eigenvalue weighted by Crippen LogP contribution is 2.31. The van der Waals surface area contributed by atoms with Crippen LogP contribution >= 0.6 is 0 Å². The summed E-state index contributed by atoms with van der Waals surface area (Å²) in [6.45, 7) is 0. The van der Waals surface area contributed by atoms with Crippen LogP contribution in [0.5, 0.6) is 0 Å². The molecule has 3 heterocycles. The Hall–Kier alpha value is -4.50. The number of hydrogen-bond donors (Lipinski definition) is 0. The van der Waals surface area contributed by atoms with Gasteiger partial charge < -0.3 is 0 Å². The number of carbonyl (C=O) groups excluding carboxylic acids is 1. The second-order valence-corrected chi connectivity index (χ2v) is 8.27. The molecule has 6 heteroatoms. The van der Waals surface area contributed by atoms with E-state index in [4.69, 9.17) is 6.42 Å². The molecule has 3 aromatic heterocycles. The van der Waals surface area contributed by atoms with E-state index in [0.717, 1.165) is 49.9 Å². The number of carbonyl (C=O) groups is 1. The highest BCUT2D eigenvalue weighted by atomic mass is 16.1. The van der Waals surface area contributed by atoms with E-state index < -0.39 is 0 Å². The molecule has 2 aromatic carbocycles. The van der Waals surface area contributed by atoms with Crippen molar-refractivity contribution in [3.05, 3.63) is 88.2 Å². The molecule has 0 unspecified atom stereocenters. The first-order chi connectivity index (χ1) is 16.0. The molecule has 0 spiro atoms. The van der Waals surface area contributed by atoms with E-state index in [1.807, 2.05) is 42.5 Å². The van der Waals surface area contributed by atoms with Gasteiger partial charge >= 0.3 is 5.69 Å². The van der Waals surface area contributed by atoms with Crippen molar-refractivity contribution in [1.29, 1.82) is 0 Å². The van der Waals surface area contributed by atoms with E-state index in [9.17, 15) is 9.59 Å². The Balaban J connectivity index is 1.66. The van der Waals surface area contributed by atoms with Gasteiger partial charge in [-0.3, -0.25) is 23.9 Å². The number of hydrogen-bond acceptors (Lipinski definition) is 4. The third-order valence-electron chi connectivity index (χ3n) is 6.39. The average molecular weight is 430 g/mol. The van der Waals surface area contributed by atoms with E-state index in [2.05, 4.69) is 15.9 Å². The molecule has 6 nitrogen and oxygen atoms in total. The number of benzene rings is 2. The summed E-state index contributed by atoms with van der Waals surface area (Å²) in [5.41, 5.74) is 7.14. The predicted octanol–water partition coefficient (Wildman–Crippen LogP) is 4.05. The van der Waals surface area contributed by atoms with Crippen LogP contribution in [0.25, 0.3) is 38.8 Å². The van der Waals surface area contributed by atoms with Crippen molar-refractivity contribution >= 4 is 27.7 Å². The van der Waals surface area contributed by atoms with E-state index in [-0.39, 0.29) is 11.5 Å². The first-order valence-corrected chi connectivity index (χ1v) is 10.6. The van der Waals surface area contributed by atoms with Gasteiger partial charge in [-0.15, -0.1) is 6.42 Å². The molecule has 33 heavy (non-hydrogen) atoms. The van der Waals surface area contributed by atoms with Crippen LogP contribution in [0.2, 0.25) is 0 Å². The molecular weight excluding hydrogens is 412 g/mol. The largest absolute Gasteiger partial charge is 0.333 e. The van der Waals surface area contributed by atoms with Crippen molar-refractivity contribution in [3.8, 4) is 29.2 Å². The van der Waals surface area contributed by atoms with E-state index in [1.165, 1.54) is 0 Å². The fourth-order valence-electron chi connectivity index (χ4n) is 4.67. The molecule has 0 atom stereocenters. The summed E-state index contributed by atoms with van der Waals surface area (Å²) in [6, 6.07) is 13.5. The molecule has 158 valence electrons. The zero-order chi connectivity index (χ0) is 22.7. The molecule has 0 fully saturated rings. The minimum Gasteiger partial charge on any atom is -0.294 e. The lowest BCUT2D eigenvalue weighted by molar-refractivity contribution is 0.0994. The van der Waals surface area contributed by atoms with Crippen LogP contribution in [0.1, 0.15) is 27.9 Å². The Labute approximate surface area is 189 Å². The molecule has 5 aromatic rings. The normalized spacial score (nSPS) is 12.9. The number of terminal acetylenes is 1. The van der Waals surface area contributed by atoms with Gasteiger partial charge in [-0.05, 0) is 53.9 Å². The number of nitrogens with zero attached hydrogens (tertiary/aromatic N) is 4. The lowest BCUT2D eigenvalue weighted by Crippen LogP contribution is -2.21. The van der Waals surface area contributed by atoms with Gasteiger partial charge in [-0.1, -0.05) is 12.0 Å². The smallest absolute Gasteiger partial charge is 0.294 e. The summed E-state index contributed by atoms with van der Waals surface area (Å²) >= 11 is 0. The van der Waals surface area contributed by atoms with Gasteiger partial charge in [-0.25, -0.2) is 4.79 Å². The standard InChI is InChI=1S/C27H18N4O2/c1-3-16-10-19(14-28-13-16)17-4-8-23-22(12-17)26-24(15-29-23)30(2)27(33)31(26)20-6-7-21-18(11-20)5-9-25(21)32/h1,4,6-8,10-15H,5,9H2,2H3. The van der Waals surface area contributed by atoms with Crippen molar-refractivity contribution in [1.82, 2.24) is 19.1 Å². The molecule has 1 aliphatic rings. The Morgan fingerprint density at radius 1 is 0.970 bits per heavy atom. The average Bonchev–Trinajstić information content (AvgIpc) is 3.35. The minimum atomic E-state index is -0.162. The quantitative estimate of drug-likeness (QED) is 0.396. The SMILES string of the molecule is C#Cc1cncc(-c2ccc3ncc4c(c3c2)n(-c2ccc3c(c2)CCC3=O)c(=O)n4C)c1. The summed E-state index contributed by atoms with van der Waals surface area (Å²) in [7, 11) is 1.75. The topological polar surface area (TPSA) is 69.8 Å². The zero-order valence-electron chi connectivity index (χ0n) is 17.9. The van der Waals surface area contributed by atoms with E-state index in [0.29, 0.717) is 18.4 Å². The van der Waals surface area contributed by atoms with Gasteiger partial charge in [0.2, 0.25) is 0 Å². The van der Waals surface area contributed by atoms with Gasteiger partial charge in [0.05, 0.1) is 28.4 Å². The van der Waals surface area contributed by atoms with Crippen molar-refractivity contribution in [2.75, 3.05) is 0 Å².